The average Bonchev–Trinajstić information content (AvgIpc) is 2.76. The number of nitrogens with two attached hydrogens (primary N) is 1. The zero-order valence-corrected chi connectivity index (χ0v) is 14.4. The van der Waals surface area contributed by atoms with Crippen LogP contribution in [0.1, 0.15) is 42.1 Å². The highest BCUT2D eigenvalue weighted by Crippen LogP contribution is 2.28. The van der Waals surface area contributed by atoms with Gasteiger partial charge in [-0.2, -0.15) is 0 Å². The Morgan fingerprint density at radius 3 is 2.57 bits per heavy atom. The summed E-state index contributed by atoms with van der Waals surface area (Å²) in [5.74, 6) is 0.358. The number of carbonyl (C=O) groups excluding carboxylic acids is 1. The van der Waals surface area contributed by atoms with Gasteiger partial charge in [-0.3, -0.25) is 4.79 Å². The first-order chi connectivity index (χ1) is 9.68. The smallest absolute Gasteiger partial charge is 0.251 e. The zero-order chi connectivity index (χ0) is 15.8. The second-order valence-corrected chi connectivity index (χ2v) is 8.06. The van der Waals surface area contributed by atoms with Crippen molar-refractivity contribution in [3.8, 4) is 0 Å². The van der Waals surface area contributed by atoms with Crippen LogP contribution in [0.3, 0.4) is 0 Å². The minimum atomic E-state index is -3.87. The first-order valence-electron chi connectivity index (χ1n) is 6.82. The molecule has 1 aliphatic carbocycles. The number of benzene rings is 1. The van der Waals surface area contributed by atoms with E-state index in [1.54, 1.807) is 13.0 Å². The number of amides is 1. The summed E-state index contributed by atoms with van der Waals surface area (Å²) in [6.07, 6.45) is 3.03. The van der Waals surface area contributed by atoms with Crippen molar-refractivity contribution >= 4 is 31.9 Å². The molecule has 116 valence electrons. The Balaban J connectivity index is 2.28. The summed E-state index contributed by atoms with van der Waals surface area (Å²) in [6, 6.07) is 3.14. The molecule has 1 aliphatic rings. The lowest BCUT2D eigenvalue weighted by molar-refractivity contribution is 0.0937. The molecule has 1 aromatic carbocycles. The van der Waals surface area contributed by atoms with E-state index in [0.29, 0.717) is 21.5 Å². The number of primary sulfonamides is 1. The highest BCUT2D eigenvalue weighted by atomic mass is 79.9. The van der Waals surface area contributed by atoms with Gasteiger partial charge in [-0.05, 0) is 65.7 Å². The summed E-state index contributed by atoms with van der Waals surface area (Å²) >= 11 is 3.20. The van der Waals surface area contributed by atoms with Gasteiger partial charge in [0, 0.05) is 16.1 Å². The Kier molecular flexibility index (Phi) is 4.75. The van der Waals surface area contributed by atoms with Gasteiger partial charge in [0.05, 0.1) is 4.90 Å². The molecule has 0 radical (unpaired) electrons. The Bertz CT molecular complexity index is 673. The number of hydrogen-bond acceptors (Lipinski definition) is 3. The summed E-state index contributed by atoms with van der Waals surface area (Å²) in [5.41, 5.74) is 0.978. The average molecular weight is 375 g/mol. The molecule has 7 heteroatoms. The van der Waals surface area contributed by atoms with Crippen molar-refractivity contribution in [3.05, 3.63) is 27.7 Å². The molecule has 2 rings (SSSR count). The Hall–Kier alpha value is -0.920. The minimum Gasteiger partial charge on any atom is -0.349 e. The molecule has 1 amide bonds. The molecule has 0 spiro atoms. The molecule has 2 unspecified atom stereocenters. The molecule has 0 aromatic heterocycles. The second-order valence-electron chi connectivity index (χ2n) is 5.74. The first kappa shape index (κ1) is 16.5. The number of hydrogen-bond donors (Lipinski definition) is 2. The van der Waals surface area contributed by atoms with Gasteiger partial charge in [0.15, 0.2) is 0 Å². The van der Waals surface area contributed by atoms with Gasteiger partial charge in [-0.25, -0.2) is 13.6 Å². The Morgan fingerprint density at radius 2 is 2.05 bits per heavy atom. The van der Waals surface area contributed by atoms with Crippen molar-refractivity contribution in [2.45, 2.75) is 44.0 Å². The van der Waals surface area contributed by atoms with Crippen LogP contribution in [0.15, 0.2) is 21.5 Å². The van der Waals surface area contributed by atoms with Gasteiger partial charge in [-0.1, -0.05) is 6.92 Å². The van der Waals surface area contributed by atoms with E-state index < -0.39 is 10.0 Å². The maximum Gasteiger partial charge on any atom is 0.251 e. The van der Waals surface area contributed by atoms with Crippen LogP contribution in [0.2, 0.25) is 0 Å². The summed E-state index contributed by atoms with van der Waals surface area (Å²) in [5, 5.41) is 8.15. The van der Waals surface area contributed by atoms with E-state index in [0.717, 1.165) is 19.3 Å². The summed E-state index contributed by atoms with van der Waals surface area (Å²) < 4.78 is 23.6. The van der Waals surface area contributed by atoms with Crippen molar-refractivity contribution in [1.29, 1.82) is 0 Å². The standard InChI is InChI=1S/C14H19BrN2O3S/c1-8-3-4-11(5-8)17-14(18)10-6-9(2)13(15)12(7-10)21(16,19)20/h6-8,11H,3-5H2,1-2H3,(H,17,18)(H2,16,19,20). The van der Waals surface area contributed by atoms with Gasteiger partial charge >= 0.3 is 0 Å². The molecule has 0 aliphatic heterocycles. The molecular weight excluding hydrogens is 356 g/mol. The van der Waals surface area contributed by atoms with Crippen LogP contribution < -0.4 is 10.5 Å². The predicted molar refractivity (Wildman–Crippen MR) is 84.5 cm³/mol. The minimum absolute atomic E-state index is 0.0626. The third kappa shape index (κ3) is 3.84. The number of nitrogens with one attached hydrogen (secondary N) is 1. The molecule has 1 fully saturated rings. The fraction of sp³-hybridized carbons (Fsp3) is 0.500. The van der Waals surface area contributed by atoms with E-state index in [1.807, 2.05) is 0 Å². The topological polar surface area (TPSA) is 89.3 Å². The number of carbonyl (C=O) groups is 1. The van der Waals surface area contributed by atoms with Gasteiger partial charge < -0.3 is 5.32 Å². The largest absolute Gasteiger partial charge is 0.349 e. The Morgan fingerprint density at radius 1 is 1.38 bits per heavy atom. The zero-order valence-electron chi connectivity index (χ0n) is 12.0. The van der Waals surface area contributed by atoms with Crippen LogP contribution in [-0.4, -0.2) is 20.4 Å². The molecular formula is C14H19BrN2O3S. The molecule has 5 nitrogen and oxygen atoms in total. The summed E-state index contributed by atoms with van der Waals surface area (Å²) in [6.45, 7) is 3.89. The number of sulfonamides is 1. The van der Waals surface area contributed by atoms with Crippen molar-refractivity contribution in [2.75, 3.05) is 0 Å². The van der Waals surface area contributed by atoms with Gasteiger partial charge in [0.1, 0.15) is 0 Å². The van der Waals surface area contributed by atoms with Crippen LogP contribution in [-0.2, 0) is 10.0 Å². The summed E-state index contributed by atoms with van der Waals surface area (Å²) in [7, 11) is -3.87. The molecule has 0 heterocycles. The normalized spacial score (nSPS) is 22.3. The van der Waals surface area contributed by atoms with Crippen LogP contribution in [0.5, 0.6) is 0 Å². The van der Waals surface area contributed by atoms with Crippen molar-refractivity contribution in [3.63, 3.8) is 0 Å². The lowest BCUT2D eigenvalue weighted by Crippen LogP contribution is -2.33. The van der Waals surface area contributed by atoms with Crippen molar-refractivity contribution in [1.82, 2.24) is 5.32 Å². The van der Waals surface area contributed by atoms with Gasteiger partial charge in [-0.15, -0.1) is 0 Å². The Labute approximate surface area is 133 Å². The molecule has 3 N–H and O–H groups in total. The van der Waals surface area contributed by atoms with E-state index >= 15 is 0 Å². The number of halogens is 1. The molecule has 2 atom stereocenters. The van der Waals surface area contributed by atoms with E-state index in [4.69, 9.17) is 5.14 Å². The van der Waals surface area contributed by atoms with E-state index in [9.17, 15) is 13.2 Å². The monoisotopic (exact) mass is 374 g/mol. The lowest BCUT2D eigenvalue weighted by Gasteiger charge is -2.14. The van der Waals surface area contributed by atoms with E-state index in [1.165, 1.54) is 6.07 Å². The molecule has 1 saturated carbocycles. The van der Waals surface area contributed by atoms with Crippen LogP contribution in [0, 0.1) is 12.8 Å². The van der Waals surface area contributed by atoms with Crippen LogP contribution in [0.25, 0.3) is 0 Å². The van der Waals surface area contributed by atoms with Crippen molar-refractivity contribution in [2.24, 2.45) is 11.1 Å². The number of rotatable bonds is 3. The van der Waals surface area contributed by atoms with E-state index in [2.05, 4.69) is 28.2 Å². The fourth-order valence-corrected chi connectivity index (χ4v) is 4.29. The highest BCUT2D eigenvalue weighted by molar-refractivity contribution is 9.10. The SMILES string of the molecule is Cc1cc(C(=O)NC2CCC(C)C2)cc(S(N)(=O)=O)c1Br. The molecule has 0 saturated heterocycles. The highest BCUT2D eigenvalue weighted by Gasteiger charge is 2.24. The fourth-order valence-electron chi connectivity index (χ4n) is 2.68. The maximum atomic E-state index is 12.3. The van der Waals surface area contributed by atoms with E-state index in [-0.39, 0.29) is 16.8 Å². The third-order valence-corrected chi connectivity index (χ3v) is 6.07. The van der Waals surface area contributed by atoms with Gasteiger partial charge in [0.2, 0.25) is 10.0 Å². The number of aryl methyl sites for hydroxylation is 1. The lowest BCUT2D eigenvalue weighted by atomic mass is 10.1. The molecule has 0 bridgehead atoms. The molecule has 1 aromatic rings. The van der Waals surface area contributed by atoms with Crippen molar-refractivity contribution < 1.29 is 13.2 Å². The first-order valence-corrected chi connectivity index (χ1v) is 9.16. The predicted octanol–water partition coefficient (Wildman–Crippen LogP) is 2.32. The second kappa shape index (κ2) is 6.06. The summed E-state index contributed by atoms with van der Waals surface area (Å²) in [4.78, 5) is 12.2. The van der Waals surface area contributed by atoms with Crippen LogP contribution >= 0.6 is 15.9 Å². The van der Waals surface area contributed by atoms with Gasteiger partial charge in [0.25, 0.3) is 5.91 Å². The maximum absolute atomic E-state index is 12.3. The van der Waals surface area contributed by atoms with Crippen LogP contribution in [0.4, 0.5) is 0 Å². The molecule has 21 heavy (non-hydrogen) atoms. The quantitative estimate of drug-likeness (QED) is 0.850. The third-order valence-electron chi connectivity index (χ3n) is 3.82.